The molecule has 2 aromatic heterocycles. The molecule has 4 aromatic carbocycles. The van der Waals surface area contributed by atoms with Crippen LogP contribution in [0.4, 0.5) is 4.39 Å². The Labute approximate surface area is 244 Å². The third-order valence-electron chi connectivity index (χ3n) is 6.28. The van der Waals surface area contributed by atoms with E-state index in [0.717, 1.165) is 5.56 Å². The highest BCUT2D eigenvalue weighted by molar-refractivity contribution is 7.90. The van der Waals surface area contributed by atoms with Crippen LogP contribution in [0.2, 0.25) is 10.0 Å². The molecule has 41 heavy (non-hydrogen) atoms. The number of hydrogen-bond acceptors (Lipinski definition) is 6. The van der Waals surface area contributed by atoms with Crippen molar-refractivity contribution in [3.63, 3.8) is 0 Å². The lowest BCUT2D eigenvalue weighted by atomic mass is 10.1. The van der Waals surface area contributed by atoms with Crippen LogP contribution in [0.25, 0.3) is 39.5 Å². The van der Waals surface area contributed by atoms with E-state index in [1.54, 1.807) is 79.0 Å². The number of benzene rings is 4. The first-order valence-electron chi connectivity index (χ1n) is 12.3. The summed E-state index contributed by atoms with van der Waals surface area (Å²) < 4.78 is 47.8. The Kier molecular flexibility index (Phi) is 7.17. The van der Waals surface area contributed by atoms with E-state index in [2.05, 4.69) is 15.3 Å². The van der Waals surface area contributed by atoms with E-state index in [1.807, 2.05) is 0 Å². The predicted octanol–water partition coefficient (Wildman–Crippen LogP) is 7.68. The second-order valence-electron chi connectivity index (χ2n) is 9.11. The Balaban J connectivity index is 1.28. The topological polar surface area (TPSA) is 90.9 Å². The van der Waals surface area contributed by atoms with E-state index >= 15 is 0 Å². The van der Waals surface area contributed by atoms with Gasteiger partial charge in [0.2, 0.25) is 5.89 Å². The van der Waals surface area contributed by atoms with Crippen LogP contribution >= 0.6 is 23.2 Å². The molecule has 0 aliphatic carbocycles. The van der Waals surface area contributed by atoms with Crippen molar-refractivity contribution in [3.05, 3.63) is 125 Å². The fourth-order valence-corrected chi connectivity index (χ4v) is 5.67. The van der Waals surface area contributed by atoms with Crippen molar-refractivity contribution >= 4 is 33.0 Å². The zero-order valence-electron chi connectivity index (χ0n) is 21.1. The molecule has 6 aromatic rings. The minimum Gasteiger partial charge on any atom is -0.439 e. The molecule has 0 atom stereocenters. The summed E-state index contributed by atoms with van der Waals surface area (Å²) in [6, 6.07) is 26.3. The number of nitrogens with zero attached hydrogens (tertiary/aromatic N) is 4. The molecule has 0 aliphatic heterocycles. The van der Waals surface area contributed by atoms with Crippen molar-refractivity contribution in [1.29, 1.82) is 0 Å². The maximum Gasteiger partial charge on any atom is 0.211 e. The van der Waals surface area contributed by atoms with Crippen molar-refractivity contribution in [3.8, 4) is 39.5 Å². The van der Waals surface area contributed by atoms with E-state index in [0.29, 0.717) is 44.0 Å². The first-order chi connectivity index (χ1) is 19.7. The summed E-state index contributed by atoms with van der Waals surface area (Å²) in [5, 5.41) is 9.30. The van der Waals surface area contributed by atoms with Crippen LogP contribution in [0.3, 0.4) is 0 Å². The van der Waals surface area contributed by atoms with Crippen LogP contribution in [-0.2, 0) is 15.6 Å². The average molecular weight is 605 g/mol. The quantitative estimate of drug-likeness (QED) is 0.186. The largest absolute Gasteiger partial charge is 0.439 e. The van der Waals surface area contributed by atoms with E-state index in [9.17, 15) is 12.8 Å². The molecule has 2 heterocycles. The molecule has 0 saturated heterocycles. The number of halogens is 3. The summed E-state index contributed by atoms with van der Waals surface area (Å²) >= 11 is 12.1. The Morgan fingerprint density at radius 2 is 1.46 bits per heavy atom. The van der Waals surface area contributed by atoms with Crippen molar-refractivity contribution in [2.45, 2.75) is 10.6 Å². The lowest BCUT2D eigenvalue weighted by Crippen LogP contribution is -2.06. The number of oxazole rings is 1. The van der Waals surface area contributed by atoms with Crippen LogP contribution in [0.1, 0.15) is 5.89 Å². The van der Waals surface area contributed by atoms with Crippen molar-refractivity contribution in [2.75, 3.05) is 0 Å². The summed E-state index contributed by atoms with van der Waals surface area (Å²) in [6.07, 6.45) is 1.64. The normalized spacial score (nSPS) is 11.6. The molecule has 0 amide bonds. The fraction of sp³-hybridized carbons (Fsp3) is 0.0333. The standard InChI is InChI=1S/C30H19Cl2FN4O3S/c31-22-8-4-19(5-9-22)29-30(20-6-10-23(32)11-7-20)40-28(34-29)18-41(38,39)26-14-12-25(13-15-26)37-17-27(35-36-37)21-2-1-3-24(33)16-21/h1-17H,18H2. The maximum atomic E-state index is 13.6. The summed E-state index contributed by atoms with van der Waals surface area (Å²) in [4.78, 5) is 4.64. The van der Waals surface area contributed by atoms with Gasteiger partial charge in [-0.3, -0.25) is 0 Å². The molecule has 0 unspecified atom stereocenters. The van der Waals surface area contributed by atoms with Gasteiger partial charge in [-0.25, -0.2) is 22.5 Å². The third-order valence-corrected chi connectivity index (χ3v) is 8.40. The zero-order chi connectivity index (χ0) is 28.6. The number of hydrogen-bond donors (Lipinski definition) is 0. The molecule has 0 bridgehead atoms. The highest BCUT2D eigenvalue weighted by Gasteiger charge is 2.23. The van der Waals surface area contributed by atoms with Crippen LogP contribution in [0.15, 0.2) is 113 Å². The molecular formula is C30H19Cl2FN4O3S. The van der Waals surface area contributed by atoms with Gasteiger partial charge in [0.1, 0.15) is 23.0 Å². The van der Waals surface area contributed by atoms with Crippen LogP contribution in [0, 0.1) is 5.82 Å². The molecule has 0 aliphatic rings. The van der Waals surface area contributed by atoms with Crippen molar-refractivity contribution in [1.82, 2.24) is 20.0 Å². The Morgan fingerprint density at radius 1 is 0.805 bits per heavy atom. The maximum absolute atomic E-state index is 13.6. The van der Waals surface area contributed by atoms with Gasteiger partial charge >= 0.3 is 0 Å². The minimum atomic E-state index is -3.82. The Bertz CT molecular complexity index is 1890. The minimum absolute atomic E-state index is 0.0417. The summed E-state index contributed by atoms with van der Waals surface area (Å²) in [6.45, 7) is 0. The Morgan fingerprint density at radius 3 is 2.12 bits per heavy atom. The van der Waals surface area contributed by atoms with Gasteiger partial charge in [-0.1, -0.05) is 52.7 Å². The fourth-order valence-electron chi connectivity index (χ4n) is 4.25. The number of aromatic nitrogens is 4. The second kappa shape index (κ2) is 10.9. The molecule has 0 saturated carbocycles. The molecule has 0 radical (unpaired) electrons. The predicted molar refractivity (Wildman–Crippen MR) is 155 cm³/mol. The molecule has 7 nitrogen and oxygen atoms in total. The lowest BCUT2D eigenvalue weighted by molar-refractivity contribution is 0.519. The molecule has 0 spiro atoms. The van der Waals surface area contributed by atoms with E-state index in [1.165, 1.54) is 28.9 Å². The van der Waals surface area contributed by atoms with Gasteiger partial charge in [0.15, 0.2) is 15.6 Å². The van der Waals surface area contributed by atoms with E-state index < -0.39 is 15.6 Å². The highest BCUT2D eigenvalue weighted by atomic mass is 35.5. The van der Waals surface area contributed by atoms with Gasteiger partial charge in [0.25, 0.3) is 0 Å². The first-order valence-corrected chi connectivity index (χ1v) is 14.7. The zero-order valence-corrected chi connectivity index (χ0v) is 23.4. The van der Waals surface area contributed by atoms with Gasteiger partial charge in [0.05, 0.1) is 16.8 Å². The molecule has 6 rings (SSSR count). The molecule has 204 valence electrons. The van der Waals surface area contributed by atoms with Gasteiger partial charge < -0.3 is 4.42 Å². The van der Waals surface area contributed by atoms with Crippen molar-refractivity contribution in [2.24, 2.45) is 0 Å². The molecule has 0 fully saturated rings. The molecule has 0 N–H and O–H groups in total. The van der Waals surface area contributed by atoms with Crippen LogP contribution in [0.5, 0.6) is 0 Å². The van der Waals surface area contributed by atoms with E-state index in [4.69, 9.17) is 27.6 Å². The smallest absolute Gasteiger partial charge is 0.211 e. The first kappa shape index (κ1) is 26.9. The lowest BCUT2D eigenvalue weighted by Gasteiger charge is -2.04. The molecular weight excluding hydrogens is 586 g/mol. The van der Waals surface area contributed by atoms with Gasteiger partial charge in [0, 0.05) is 26.7 Å². The van der Waals surface area contributed by atoms with Gasteiger partial charge in [-0.15, -0.1) is 5.10 Å². The second-order valence-corrected chi connectivity index (χ2v) is 12.0. The van der Waals surface area contributed by atoms with Crippen LogP contribution < -0.4 is 0 Å². The Hall–Kier alpha value is -4.31. The molecule has 11 heteroatoms. The third kappa shape index (κ3) is 5.78. The summed E-state index contributed by atoms with van der Waals surface area (Å²) in [5.74, 6) is -0.365. The summed E-state index contributed by atoms with van der Waals surface area (Å²) in [5.41, 5.74) is 3.57. The van der Waals surface area contributed by atoms with Crippen molar-refractivity contribution < 1.29 is 17.2 Å². The number of rotatable bonds is 7. The summed E-state index contributed by atoms with van der Waals surface area (Å²) in [7, 11) is -3.82. The number of sulfone groups is 1. The van der Waals surface area contributed by atoms with E-state index in [-0.39, 0.29) is 16.6 Å². The SMILES string of the molecule is O=S(=O)(Cc1nc(-c2ccc(Cl)cc2)c(-c2ccc(Cl)cc2)o1)c1ccc(-n2cc(-c3cccc(F)c3)nn2)cc1. The van der Waals surface area contributed by atoms with Gasteiger partial charge in [-0.2, -0.15) is 0 Å². The monoisotopic (exact) mass is 604 g/mol. The van der Waals surface area contributed by atoms with Gasteiger partial charge in [-0.05, 0) is 72.8 Å². The van der Waals surface area contributed by atoms with Crippen LogP contribution in [-0.4, -0.2) is 28.4 Å². The highest BCUT2D eigenvalue weighted by Crippen LogP contribution is 2.35. The average Bonchev–Trinajstić information content (AvgIpc) is 3.62.